The Morgan fingerprint density at radius 3 is 2.42 bits per heavy atom. The van der Waals surface area contributed by atoms with E-state index in [1.807, 2.05) is 0 Å². The Balaban J connectivity index is 2.21. The van der Waals surface area contributed by atoms with Gasteiger partial charge in [-0.05, 0) is 42.5 Å². The highest BCUT2D eigenvalue weighted by molar-refractivity contribution is 9.10. The van der Waals surface area contributed by atoms with Crippen LogP contribution in [-0.4, -0.2) is 6.26 Å². The van der Waals surface area contributed by atoms with Gasteiger partial charge in [0, 0.05) is 15.1 Å². The fourth-order valence-corrected chi connectivity index (χ4v) is 2.89. The van der Waals surface area contributed by atoms with Crippen molar-refractivity contribution in [1.82, 2.24) is 0 Å². The van der Waals surface area contributed by atoms with E-state index in [2.05, 4.69) is 83.0 Å². The molecule has 2 aromatic carbocycles. The lowest BCUT2D eigenvalue weighted by molar-refractivity contribution is 0.746. The zero-order valence-corrected chi connectivity index (χ0v) is 13.6. The van der Waals surface area contributed by atoms with Gasteiger partial charge in [0.05, 0.1) is 6.04 Å². The molecule has 0 saturated heterocycles. The van der Waals surface area contributed by atoms with Crippen LogP contribution in [0.15, 0.2) is 57.9 Å². The molecule has 100 valence electrons. The molecule has 1 unspecified atom stereocenters. The molecule has 0 aliphatic heterocycles. The SMILES string of the molecule is CCC(Nc1ccccc1SC)c1ccc(Br)cc1. The van der Waals surface area contributed by atoms with Crippen LogP contribution in [0.3, 0.4) is 0 Å². The molecule has 0 aliphatic carbocycles. The zero-order chi connectivity index (χ0) is 13.7. The first-order valence-electron chi connectivity index (χ1n) is 6.39. The van der Waals surface area contributed by atoms with Crippen LogP contribution in [0.25, 0.3) is 0 Å². The molecule has 3 heteroatoms. The highest BCUT2D eigenvalue weighted by atomic mass is 79.9. The Morgan fingerprint density at radius 2 is 1.79 bits per heavy atom. The molecule has 1 N–H and O–H groups in total. The van der Waals surface area contributed by atoms with E-state index in [4.69, 9.17) is 0 Å². The standard InChI is InChI=1S/C16H18BrNS/c1-3-14(12-8-10-13(17)11-9-12)18-15-6-4-5-7-16(15)19-2/h4-11,14,18H,3H2,1-2H3. The Morgan fingerprint density at radius 1 is 1.11 bits per heavy atom. The summed E-state index contributed by atoms with van der Waals surface area (Å²) in [4.78, 5) is 1.29. The molecular weight excluding hydrogens is 318 g/mol. The van der Waals surface area contributed by atoms with Gasteiger partial charge in [0.2, 0.25) is 0 Å². The van der Waals surface area contributed by atoms with Crippen LogP contribution in [0.4, 0.5) is 5.69 Å². The number of halogens is 1. The molecule has 0 heterocycles. The molecule has 1 nitrogen and oxygen atoms in total. The lowest BCUT2D eigenvalue weighted by atomic mass is 10.0. The van der Waals surface area contributed by atoms with Crippen LogP contribution in [0, 0.1) is 0 Å². The van der Waals surface area contributed by atoms with E-state index in [1.54, 1.807) is 11.8 Å². The van der Waals surface area contributed by atoms with Gasteiger partial charge in [0.15, 0.2) is 0 Å². The van der Waals surface area contributed by atoms with E-state index in [0.29, 0.717) is 6.04 Å². The van der Waals surface area contributed by atoms with Crippen molar-refractivity contribution >= 4 is 33.4 Å². The monoisotopic (exact) mass is 335 g/mol. The minimum absolute atomic E-state index is 0.349. The number of para-hydroxylation sites is 1. The van der Waals surface area contributed by atoms with Gasteiger partial charge in [-0.3, -0.25) is 0 Å². The second kappa shape index (κ2) is 7.01. The summed E-state index contributed by atoms with van der Waals surface area (Å²) < 4.78 is 1.12. The van der Waals surface area contributed by atoms with Crippen molar-refractivity contribution in [3.63, 3.8) is 0 Å². The Labute approximate surface area is 127 Å². The summed E-state index contributed by atoms with van der Waals surface area (Å²) in [5.74, 6) is 0. The number of nitrogens with one attached hydrogen (secondary N) is 1. The van der Waals surface area contributed by atoms with Crippen LogP contribution in [0.1, 0.15) is 24.9 Å². The lowest BCUT2D eigenvalue weighted by Crippen LogP contribution is -2.10. The largest absolute Gasteiger partial charge is 0.377 e. The van der Waals surface area contributed by atoms with Crippen molar-refractivity contribution in [2.45, 2.75) is 24.3 Å². The maximum absolute atomic E-state index is 3.65. The average molecular weight is 336 g/mol. The summed E-state index contributed by atoms with van der Waals surface area (Å²) >= 11 is 5.26. The van der Waals surface area contributed by atoms with E-state index < -0.39 is 0 Å². The van der Waals surface area contributed by atoms with Crippen LogP contribution >= 0.6 is 27.7 Å². The first-order valence-corrected chi connectivity index (χ1v) is 8.41. The second-order valence-electron chi connectivity index (χ2n) is 4.36. The van der Waals surface area contributed by atoms with Crippen LogP contribution in [0.2, 0.25) is 0 Å². The molecule has 19 heavy (non-hydrogen) atoms. The van der Waals surface area contributed by atoms with Crippen LogP contribution in [-0.2, 0) is 0 Å². The van der Waals surface area contributed by atoms with E-state index in [-0.39, 0.29) is 0 Å². The third kappa shape index (κ3) is 3.77. The van der Waals surface area contributed by atoms with Gasteiger partial charge < -0.3 is 5.32 Å². The van der Waals surface area contributed by atoms with Crippen molar-refractivity contribution in [1.29, 1.82) is 0 Å². The summed E-state index contributed by atoms with van der Waals surface area (Å²) in [5.41, 5.74) is 2.53. The summed E-state index contributed by atoms with van der Waals surface area (Å²) in [7, 11) is 0. The van der Waals surface area contributed by atoms with Crippen molar-refractivity contribution in [3.05, 3.63) is 58.6 Å². The molecule has 0 spiro atoms. The lowest BCUT2D eigenvalue weighted by Gasteiger charge is -2.20. The van der Waals surface area contributed by atoms with Crippen molar-refractivity contribution < 1.29 is 0 Å². The van der Waals surface area contributed by atoms with Gasteiger partial charge in [0.1, 0.15) is 0 Å². The molecular formula is C16H18BrNS. The van der Waals surface area contributed by atoms with Crippen molar-refractivity contribution in [2.24, 2.45) is 0 Å². The number of hydrogen-bond donors (Lipinski definition) is 1. The van der Waals surface area contributed by atoms with Gasteiger partial charge in [0.25, 0.3) is 0 Å². The number of thioether (sulfide) groups is 1. The molecule has 0 aliphatic rings. The molecule has 0 amide bonds. The van der Waals surface area contributed by atoms with Gasteiger partial charge >= 0.3 is 0 Å². The summed E-state index contributed by atoms with van der Waals surface area (Å²) in [6.07, 6.45) is 3.17. The number of anilines is 1. The molecule has 0 radical (unpaired) electrons. The van der Waals surface area contributed by atoms with E-state index >= 15 is 0 Å². The molecule has 0 aromatic heterocycles. The molecule has 2 rings (SSSR count). The third-order valence-electron chi connectivity index (χ3n) is 3.12. The minimum Gasteiger partial charge on any atom is -0.377 e. The topological polar surface area (TPSA) is 12.0 Å². The van der Waals surface area contributed by atoms with Crippen molar-refractivity contribution in [2.75, 3.05) is 11.6 Å². The number of benzene rings is 2. The molecule has 0 bridgehead atoms. The first kappa shape index (κ1) is 14.5. The zero-order valence-electron chi connectivity index (χ0n) is 11.2. The molecule has 0 fully saturated rings. The predicted octanol–water partition coefficient (Wildman–Crippen LogP) is 5.73. The first-order chi connectivity index (χ1) is 9.24. The van der Waals surface area contributed by atoms with Gasteiger partial charge in [-0.15, -0.1) is 11.8 Å². The fourth-order valence-electron chi connectivity index (χ4n) is 2.07. The van der Waals surface area contributed by atoms with E-state index in [9.17, 15) is 0 Å². The smallest absolute Gasteiger partial charge is 0.0511 e. The molecule has 2 aromatic rings. The minimum atomic E-state index is 0.349. The summed E-state index contributed by atoms with van der Waals surface area (Å²) in [5, 5.41) is 3.65. The highest BCUT2D eigenvalue weighted by Gasteiger charge is 2.10. The normalized spacial score (nSPS) is 12.2. The van der Waals surface area contributed by atoms with Crippen LogP contribution < -0.4 is 5.32 Å². The van der Waals surface area contributed by atoms with Crippen molar-refractivity contribution in [3.8, 4) is 0 Å². The molecule has 1 atom stereocenters. The van der Waals surface area contributed by atoms with E-state index in [0.717, 1.165) is 10.9 Å². The van der Waals surface area contributed by atoms with Gasteiger partial charge in [-0.1, -0.05) is 47.1 Å². The second-order valence-corrected chi connectivity index (χ2v) is 6.12. The third-order valence-corrected chi connectivity index (χ3v) is 4.44. The maximum atomic E-state index is 3.65. The Hall–Kier alpha value is -0.930. The maximum Gasteiger partial charge on any atom is 0.0511 e. The average Bonchev–Trinajstić information content (AvgIpc) is 2.46. The predicted molar refractivity (Wildman–Crippen MR) is 89.0 cm³/mol. The Bertz CT molecular complexity index is 525. The van der Waals surface area contributed by atoms with Crippen LogP contribution in [0.5, 0.6) is 0 Å². The number of hydrogen-bond acceptors (Lipinski definition) is 2. The highest BCUT2D eigenvalue weighted by Crippen LogP contribution is 2.30. The Kier molecular flexibility index (Phi) is 5.34. The quantitative estimate of drug-likeness (QED) is 0.699. The van der Waals surface area contributed by atoms with E-state index in [1.165, 1.54) is 16.1 Å². The van der Waals surface area contributed by atoms with Gasteiger partial charge in [-0.25, -0.2) is 0 Å². The van der Waals surface area contributed by atoms with Gasteiger partial charge in [-0.2, -0.15) is 0 Å². The summed E-state index contributed by atoms with van der Waals surface area (Å²) in [6, 6.07) is 17.4. The molecule has 0 saturated carbocycles. The number of rotatable bonds is 5. The summed E-state index contributed by atoms with van der Waals surface area (Å²) in [6.45, 7) is 2.21. The fraction of sp³-hybridized carbons (Fsp3) is 0.250.